The van der Waals surface area contributed by atoms with Crippen molar-refractivity contribution in [2.24, 2.45) is 10.7 Å². The predicted octanol–water partition coefficient (Wildman–Crippen LogP) is 4.30. The van der Waals surface area contributed by atoms with Gasteiger partial charge in [-0.05, 0) is 30.7 Å². The zero-order valence-corrected chi connectivity index (χ0v) is 14.5. The van der Waals surface area contributed by atoms with Crippen LogP contribution < -0.4 is 10.5 Å². The molecule has 1 spiro atoms. The lowest BCUT2D eigenvalue weighted by molar-refractivity contribution is 0.389. The second-order valence-electron chi connectivity index (χ2n) is 5.15. The quantitative estimate of drug-likeness (QED) is 0.675. The van der Waals surface area contributed by atoms with E-state index in [1.165, 1.54) is 0 Å². The number of nitrogens with zero attached hydrogens (tertiary/aromatic N) is 2. The predicted molar refractivity (Wildman–Crippen MR) is 92.9 cm³/mol. The molecule has 7 heteroatoms. The van der Waals surface area contributed by atoms with Gasteiger partial charge in [-0.1, -0.05) is 39.3 Å². The number of ether oxygens (including phenoxy) is 1. The fourth-order valence-electron chi connectivity index (χ4n) is 2.97. The number of hydrogen-bond acceptors (Lipinski definition) is 5. The first-order chi connectivity index (χ1) is 10.6. The Balaban J connectivity index is 2.05. The van der Waals surface area contributed by atoms with Crippen LogP contribution in [0.15, 0.2) is 39.9 Å². The van der Waals surface area contributed by atoms with Crippen molar-refractivity contribution >= 4 is 44.5 Å². The van der Waals surface area contributed by atoms with Gasteiger partial charge in [0.2, 0.25) is 0 Å². The fraction of sp³-hybridized carbons (Fsp3) is 0.200. The number of amidine groups is 1. The molecular formula is C15H11BrClN3OS. The lowest BCUT2D eigenvalue weighted by Gasteiger charge is -2.39. The van der Waals surface area contributed by atoms with Crippen molar-refractivity contribution in [3.05, 3.63) is 51.2 Å². The summed E-state index contributed by atoms with van der Waals surface area (Å²) in [5, 5.41) is 1.00. The highest BCUT2D eigenvalue weighted by atomic mass is 79.9. The summed E-state index contributed by atoms with van der Waals surface area (Å²) in [6, 6.07) is 7.75. The van der Waals surface area contributed by atoms with E-state index in [0.29, 0.717) is 16.1 Å². The Morgan fingerprint density at radius 1 is 1.27 bits per heavy atom. The largest absolute Gasteiger partial charge is 0.455 e. The van der Waals surface area contributed by atoms with Crippen molar-refractivity contribution in [3.8, 4) is 11.5 Å². The van der Waals surface area contributed by atoms with Crippen LogP contribution in [-0.4, -0.2) is 15.9 Å². The third-order valence-corrected chi connectivity index (χ3v) is 5.40. The molecule has 0 unspecified atom stereocenters. The summed E-state index contributed by atoms with van der Waals surface area (Å²) in [7, 11) is 0. The van der Waals surface area contributed by atoms with Gasteiger partial charge in [0.05, 0.1) is 6.20 Å². The smallest absolute Gasteiger partial charge is 0.155 e. The molecule has 1 aromatic heterocycles. The van der Waals surface area contributed by atoms with Gasteiger partial charge in [0.15, 0.2) is 10.9 Å². The summed E-state index contributed by atoms with van der Waals surface area (Å²) in [6.45, 7) is 0. The Morgan fingerprint density at radius 3 is 2.91 bits per heavy atom. The van der Waals surface area contributed by atoms with Gasteiger partial charge in [-0.2, -0.15) is 0 Å². The molecule has 0 amide bonds. The maximum Gasteiger partial charge on any atom is 0.155 e. The molecular weight excluding hydrogens is 386 g/mol. The van der Waals surface area contributed by atoms with Crippen LogP contribution in [0.1, 0.15) is 17.5 Å². The molecule has 0 bridgehead atoms. The molecule has 4 rings (SSSR count). The molecule has 0 aliphatic carbocycles. The van der Waals surface area contributed by atoms with Gasteiger partial charge in [0.25, 0.3) is 0 Å². The molecule has 0 saturated carbocycles. The lowest BCUT2D eigenvalue weighted by Crippen LogP contribution is -2.35. The normalized spacial score (nSPS) is 22.5. The van der Waals surface area contributed by atoms with E-state index in [1.54, 1.807) is 18.0 Å². The van der Waals surface area contributed by atoms with Gasteiger partial charge in [-0.15, -0.1) is 0 Å². The zero-order chi connectivity index (χ0) is 15.3. The van der Waals surface area contributed by atoms with Crippen LogP contribution >= 0.6 is 39.3 Å². The third-order valence-electron chi connectivity index (χ3n) is 3.90. The van der Waals surface area contributed by atoms with Crippen molar-refractivity contribution in [1.29, 1.82) is 0 Å². The van der Waals surface area contributed by atoms with E-state index in [9.17, 15) is 0 Å². The van der Waals surface area contributed by atoms with E-state index in [4.69, 9.17) is 27.1 Å². The van der Waals surface area contributed by atoms with E-state index in [2.05, 4.69) is 20.9 Å². The van der Waals surface area contributed by atoms with Crippen LogP contribution in [-0.2, 0) is 5.54 Å². The Kier molecular flexibility index (Phi) is 3.36. The van der Waals surface area contributed by atoms with Gasteiger partial charge in [0, 0.05) is 21.4 Å². The summed E-state index contributed by atoms with van der Waals surface area (Å²) in [4.78, 5) is 8.93. The van der Waals surface area contributed by atoms with E-state index >= 15 is 0 Å². The Hall–Kier alpha value is -1.24. The first-order valence-electron chi connectivity index (χ1n) is 6.70. The number of fused-ring (bicyclic) bond motifs is 4. The van der Waals surface area contributed by atoms with Crippen LogP contribution in [0.3, 0.4) is 0 Å². The molecule has 1 atom stereocenters. The van der Waals surface area contributed by atoms with Gasteiger partial charge in [-0.3, -0.25) is 0 Å². The van der Waals surface area contributed by atoms with Crippen LogP contribution in [0, 0.1) is 0 Å². The van der Waals surface area contributed by atoms with Crippen LogP contribution in [0.25, 0.3) is 0 Å². The molecule has 0 radical (unpaired) electrons. The number of benzene rings is 1. The second-order valence-corrected chi connectivity index (χ2v) is 7.57. The third kappa shape index (κ3) is 2.13. The number of rotatable bonds is 0. The minimum atomic E-state index is -0.561. The number of pyridine rings is 1. The first-order valence-corrected chi connectivity index (χ1v) is 8.86. The Bertz CT molecular complexity index is 760. The molecule has 2 N–H and O–H groups in total. The molecule has 2 aliphatic rings. The van der Waals surface area contributed by atoms with Crippen molar-refractivity contribution in [2.75, 3.05) is 5.75 Å². The average Bonchev–Trinajstić information content (AvgIpc) is 2.49. The molecule has 3 heterocycles. The Morgan fingerprint density at radius 2 is 2.09 bits per heavy atom. The van der Waals surface area contributed by atoms with E-state index in [0.717, 1.165) is 33.5 Å². The van der Waals surface area contributed by atoms with Crippen molar-refractivity contribution in [2.45, 2.75) is 12.0 Å². The Labute approximate surface area is 145 Å². The number of hydrogen-bond donors (Lipinski definition) is 1. The molecule has 112 valence electrons. The number of halogens is 2. The lowest BCUT2D eigenvalue weighted by atomic mass is 9.79. The summed E-state index contributed by atoms with van der Waals surface area (Å²) < 4.78 is 6.97. The van der Waals surface area contributed by atoms with Gasteiger partial charge in [0.1, 0.15) is 16.4 Å². The molecule has 4 nitrogen and oxygen atoms in total. The topological polar surface area (TPSA) is 60.5 Å². The SMILES string of the molecule is NC1=N[C@@]2(CCS1)c1cc(Br)ccc1Oc1cnc(Cl)cc12. The summed E-state index contributed by atoms with van der Waals surface area (Å²) in [6.07, 6.45) is 2.48. The number of aromatic nitrogens is 1. The summed E-state index contributed by atoms with van der Waals surface area (Å²) in [5.74, 6) is 2.35. The molecule has 2 aliphatic heterocycles. The van der Waals surface area contributed by atoms with Gasteiger partial charge >= 0.3 is 0 Å². The van der Waals surface area contributed by atoms with Gasteiger partial charge in [-0.25, -0.2) is 9.98 Å². The first kappa shape index (κ1) is 14.4. The maximum atomic E-state index is 6.11. The van der Waals surface area contributed by atoms with E-state index < -0.39 is 5.54 Å². The van der Waals surface area contributed by atoms with Crippen molar-refractivity contribution in [3.63, 3.8) is 0 Å². The summed E-state index contributed by atoms with van der Waals surface area (Å²) >= 11 is 11.2. The average molecular weight is 397 g/mol. The number of thioether (sulfide) groups is 1. The van der Waals surface area contributed by atoms with E-state index in [1.807, 2.05) is 24.3 Å². The zero-order valence-electron chi connectivity index (χ0n) is 11.3. The molecule has 1 aromatic carbocycles. The molecule has 0 fully saturated rings. The van der Waals surface area contributed by atoms with Crippen LogP contribution in [0.2, 0.25) is 5.15 Å². The van der Waals surface area contributed by atoms with Crippen molar-refractivity contribution in [1.82, 2.24) is 4.98 Å². The monoisotopic (exact) mass is 395 g/mol. The molecule has 2 aromatic rings. The molecule has 22 heavy (non-hydrogen) atoms. The molecule has 0 saturated heterocycles. The highest BCUT2D eigenvalue weighted by Crippen LogP contribution is 2.53. The van der Waals surface area contributed by atoms with Crippen LogP contribution in [0.4, 0.5) is 0 Å². The maximum absolute atomic E-state index is 6.11. The van der Waals surface area contributed by atoms with Gasteiger partial charge < -0.3 is 10.5 Å². The highest BCUT2D eigenvalue weighted by molar-refractivity contribution is 9.10. The van der Waals surface area contributed by atoms with Crippen molar-refractivity contribution < 1.29 is 4.74 Å². The summed E-state index contributed by atoms with van der Waals surface area (Å²) in [5.41, 5.74) is 7.40. The number of aliphatic imine (C=N–C) groups is 1. The highest BCUT2D eigenvalue weighted by Gasteiger charge is 2.44. The second kappa shape index (κ2) is 5.15. The number of nitrogens with two attached hydrogens (primary N) is 1. The fourth-order valence-corrected chi connectivity index (χ4v) is 4.32. The minimum Gasteiger partial charge on any atom is -0.455 e. The van der Waals surface area contributed by atoms with E-state index in [-0.39, 0.29) is 0 Å². The van der Waals surface area contributed by atoms with Crippen LogP contribution in [0.5, 0.6) is 11.5 Å². The minimum absolute atomic E-state index is 0.423. The standard InChI is InChI=1S/C15H11BrClN3OS/c16-8-1-2-11-9(5-8)15(3-4-22-14(18)20-15)10-6-13(17)19-7-12(10)21-11/h1-2,5-7H,3-4H2,(H2,18,20)/t15-/m0/s1.